The van der Waals surface area contributed by atoms with Crippen LogP contribution >= 0.6 is 0 Å². The van der Waals surface area contributed by atoms with E-state index in [1.807, 2.05) is 6.92 Å². The molecule has 0 saturated carbocycles. The molecule has 1 amide bonds. The van der Waals surface area contributed by atoms with Gasteiger partial charge in [-0.3, -0.25) is 9.69 Å². The third-order valence-electron chi connectivity index (χ3n) is 4.47. The van der Waals surface area contributed by atoms with Crippen LogP contribution in [0.3, 0.4) is 0 Å². The maximum Gasteiger partial charge on any atom is 0.247 e. The summed E-state index contributed by atoms with van der Waals surface area (Å²) >= 11 is 0. The summed E-state index contributed by atoms with van der Waals surface area (Å²) < 4.78 is 5.59. The number of hydrogen-bond donors (Lipinski definition) is 1. The first-order valence-corrected chi connectivity index (χ1v) is 7.31. The van der Waals surface area contributed by atoms with Crippen LogP contribution in [0.1, 0.15) is 33.6 Å². The van der Waals surface area contributed by atoms with E-state index in [4.69, 9.17) is 10.5 Å². The lowest BCUT2D eigenvalue weighted by Crippen LogP contribution is -2.53. The molecular formula is C15H26N2O2. The van der Waals surface area contributed by atoms with Crippen molar-refractivity contribution in [2.75, 3.05) is 19.6 Å². The summed E-state index contributed by atoms with van der Waals surface area (Å²) in [6.07, 6.45) is 4.45. The lowest BCUT2D eigenvalue weighted by molar-refractivity contribution is -0.142. The molecule has 2 rings (SSSR count). The summed E-state index contributed by atoms with van der Waals surface area (Å²) in [6, 6.07) is 0. The van der Waals surface area contributed by atoms with E-state index in [9.17, 15) is 4.79 Å². The standard InChI is InChI=1S/C15H26N2O2/c1-10-5-4-6-11(2)13(10)8-17-7-12(3)19-14(9-17)15(16)18/h5,11-14H,4,6-9H2,1-3H3,(H2,16,18)/t11-,12+,13+,14+/m0/s1. The van der Waals surface area contributed by atoms with Crippen molar-refractivity contribution < 1.29 is 9.53 Å². The van der Waals surface area contributed by atoms with Crippen LogP contribution in [0.2, 0.25) is 0 Å². The highest BCUT2D eigenvalue weighted by atomic mass is 16.5. The molecule has 1 heterocycles. The van der Waals surface area contributed by atoms with Crippen molar-refractivity contribution in [2.45, 2.75) is 45.8 Å². The number of allylic oxidation sites excluding steroid dienone is 1. The van der Waals surface area contributed by atoms with Crippen molar-refractivity contribution in [3.8, 4) is 0 Å². The van der Waals surface area contributed by atoms with Gasteiger partial charge < -0.3 is 10.5 Å². The second-order valence-electron chi connectivity index (χ2n) is 6.17. The van der Waals surface area contributed by atoms with Crippen molar-refractivity contribution >= 4 is 5.91 Å². The summed E-state index contributed by atoms with van der Waals surface area (Å²) in [5.74, 6) is 0.975. The minimum absolute atomic E-state index is 0.0782. The number of primary amides is 1. The van der Waals surface area contributed by atoms with Crippen LogP contribution in [0.4, 0.5) is 0 Å². The van der Waals surface area contributed by atoms with Gasteiger partial charge in [0.15, 0.2) is 0 Å². The fraction of sp³-hybridized carbons (Fsp3) is 0.800. The van der Waals surface area contributed by atoms with Gasteiger partial charge in [-0.2, -0.15) is 0 Å². The molecule has 1 aliphatic heterocycles. The molecule has 1 saturated heterocycles. The van der Waals surface area contributed by atoms with Gasteiger partial charge in [0.1, 0.15) is 6.10 Å². The number of morpholine rings is 1. The molecular weight excluding hydrogens is 240 g/mol. The normalized spacial score (nSPS) is 36.9. The number of carbonyl (C=O) groups excluding carboxylic acids is 1. The molecule has 0 spiro atoms. The Labute approximate surface area is 116 Å². The van der Waals surface area contributed by atoms with E-state index in [2.05, 4.69) is 24.8 Å². The summed E-state index contributed by atoms with van der Waals surface area (Å²) in [7, 11) is 0. The van der Waals surface area contributed by atoms with E-state index >= 15 is 0 Å². The summed E-state index contributed by atoms with van der Waals surface area (Å²) in [6.45, 7) is 9.11. The molecule has 0 aromatic rings. The smallest absolute Gasteiger partial charge is 0.247 e. The third-order valence-corrected chi connectivity index (χ3v) is 4.47. The zero-order chi connectivity index (χ0) is 14.0. The molecule has 0 unspecified atom stereocenters. The third kappa shape index (κ3) is 3.57. The van der Waals surface area contributed by atoms with Gasteiger partial charge in [-0.05, 0) is 38.5 Å². The molecule has 0 aromatic carbocycles. The maximum absolute atomic E-state index is 11.3. The number of amides is 1. The van der Waals surface area contributed by atoms with Crippen LogP contribution in [-0.4, -0.2) is 42.6 Å². The molecule has 2 aliphatic rings. The van der Waals surface area contributed by atoms with E-state index in [1.165, 1.54) is 18.4 Å². The summed E-state index contributed by atoms with van der Waals surface area (Å²) in [4.78, 5) is 13.7. The molecule has 19 heavy (non-hydrogen) atoms. The zero-order valence-corrected chi connectivity index (χ0v) is 12.3. The average Bonchev–Trinajstić information content (AvgIpc) is 2.33. The van der Waals surface area contributed by atoms with E-state index in [1.54, 1.807) is 0 Å². The number of ether oxygens (including phenoxy) is 1. The van der Waals surface area contributed by atoms with Gasteiger partial charge >= 0.3 is 0 Å². The number of nitrogens with zero attached hydrogens (tertiary/aromatic N) is 1. The largest absolute Gasteiger partial charge is 0.367 e. The molecule has 2 N–H and O–H groups in total. The van der Waals surface area contributed by atoms with Crippen molar-refractivity contribution in [3.63, 3.8) is 0 Å². The Kier molecular flexibility index (Phi) is 4.63. The summed E-state index contributed by atoms with van der Waals surface area (Å²) in [5.41, 5.74) is 6.87. The van der Waals surface area contributed by atoms with Gasteiger partial charge in [0.2, 0.25) is 5.91 Å². The molecule has 4 nitrogen and oxygen atoms in total. The van der Waals surface area contributed by atoms with Crippen LogP contribution in [0.5, 0.6) is 0 Å². The van der Waals surface area contributed by atoms with E-state index in [0.29, 0.717) is 12.5 Å². The second-order valence-corrected chi connectivity index (χ2v) is 6.17. The Balaban J connectivity index is 1.99. The van der Waals surface area contributed by atoms with Crippen LogP contribution < -0.4 is 5.73 Å². The lowest BCUT2D eigenvalue weighted by Gasteiger charge is -2.39. The van der Waals surface area contributed by atoms with Gasteiger partial charge in [-0.25, -0.2) is 0 Å². The quantitative estimate of drug-likeness (QED) is 0.789. The minimum Gasteiger partial charge on any atom is -0.367 e. The fourth-order valence-electron chi connectivity index (χ4n) is 3.32. The molecule has 4 atom stereocenters. The molecule has 1 fully saturated rings. The van der Waals surface area contributed by atoms with Crippen molar-refractivity contribution in [2.24, 2.45) is 17.6 Å². The van der Waals surface area contributed by atoms with Crippen LogP contribution in [0.15, 0.2) is 11.6 Å². The Hall–Kier alpha value is -0.870. The van der Waals surface area contributed by atoms with E-state index in [-0.39, 0.29) is 12.0 Å². The molecule has 1 aliphatic carbocycles. The SMILES string of the molecule is CC1=CCC[C@H](C)[C@@H]1CN1C[C@@H](C)O[C@@H](C(N)=O)C1. The second kappa shape index (κ2) is 6.06. The fourth-order valence-corrected chi connectivity index (χ4v) is 3.32. The Morgan fingerprint density at radius 2 is 2.21 bits per heavy atom. The van der Waals surface area contributed by atoms with Gasteiger partial charge in [0.05, 0.1) is 6.10 Å². The Morgan fingerprint density at radius 3 is 2.84 bits per heavy atom. The highest BCUT2D eigenvalue weighted by Crippen LogP contribution is 2.31. The first kappa shape index (κ1) is 14.5. The Morgan fingerprint density at radius 1 is 1.47 bits per heavy atom. The highest BCUT2D eigenvalue weighted by Gasteiger charge is 2.32. The topological polar surface area (TPSA) is 55.6 Å². The van der Waals surface area contributed by atoms with Gasteiger partial charge in [-0.1, -0.05) is 18.6 Å². The summed E-state index contributed by atoms with van der Waals surface area (Å²) in [5, 5.41) is 0. The molecule has 0 bridgehead atoms. The molecule has 0 radical (unpaired) electrons. The number of carbonyl (C=O) groups is 1. The predicted molar refractivity (Wildman–Crippen MR) is 75.6 cm³/mol. The molecule has 0 aromatic heterocycles. The molecule has 108 valence electrons. The number of rotatable bonds is 3. The monoisotopic (exact) mass is 266 g/mol. The first-order chi connectivity index (χ1) is 8.97. The van der Waals surface area contributed by atoms with Crippen LogP contribution in [0, 0.1) is 11.8 Å². The van der Waals surface area contributed by atoms with Crippen molar-refractivity contribution in [3.05, 3.63) is 11.6 Å². The van der Waals surface area contributed by atoms with Crippen molar-refractivity contribution in [1.29, 1.82) is 0 Å². The number of nitrogens with two attached hydrogens (primary N) is 1. The highest BCUT2D eigenvalue weighted by molar-refractivity contribution is 5.79. The zero-order valence-electron chi connectivity index (χ0n) is 12.3. The lowest BCUT2D eigenvalue weighted by atomic mass is 9.79. The first-order valence-electron chi connectivity index (χ1n) is 7.31. The predicted octanol–water partition coefficient (Wildman–Crippen LogP) is 1.55. The Bertz CT molecular complexity index is 367. The van der Waals surface area contributed by atoms with Crippen LogP contribution in [-0.2, 0) is 9.53 Å². The van der Waals surface area contributed by atoms with E-state index in [0.717, 1.165) is 19.0 Å². The van der Waals surface area contributed by atoms with Gasteiger partial charge in [0, 0.05) is 19.6 Å². The van der Waals surface area contributed by atoms with Crippen molar-refractivity contribution in [1.82, 2.24) is 4.90 Å². The van der Waals surface area contributed by atoms with Crippen LogP contribution in [0.25, 0.3) is 0 Å². The maximum atomic E-state index is 11.3. The molecule has 4 heteroatoms. The van der Waals surface area contributed by atoms with Gasteiger partial charge in [-0.15, -0.1) is 0 Å². The average molecular weight is 266 g/mol. The number of hydrogen-bond acceptors (Lipinski definition) is 3. The minimum atomic E-state index is -0.452. The van der Waals surface area contributed by atoms with E-state index < -0.39 is 6.10 Å². The van der Waals surface area contributed by atoms with Gasteiger partial charge in [0.25, 0.3) is 0 Å².